The first kappa shape index (κ1) is 17.1. The van der Waals surface area contributed by atoms with Gasteiger partial charge in [0.25, 0.3) is 11.8 Å². The standard InChI is InChI=1S/C21H22N4O2/c26-20(17-4-6-19(7-5-17)23-10-1-2-11-23)24-12-3-13-25(15-14-24)21(27)18-8-9-22-16-18/h1-2,4-11,16,22H,3,12-15H2. The molecule has 1 fully saturated rings. The first-order valence-corrected chi connectivity index (χ1v) is 9.17. The molecule has 0 atom stereocenters. The number of hydrogen-bond acceptors (Lipinski definition) is 2. The van der Waals surface area contributed by atoms with E-state index >= 15 is 0 Å². The predicted molar refractivity (Wildman–Crippen MR) is 103 cm³/mol. The van der Waals surface area contributed by atoms with Crippen LogP contribution in [0, 0.1) is 0 Å². The van der Waals surface area contributed by atoms with Crippen LogP contribution in [0.25, 0.3) is 5.69 Å². The van der Waals surface area contributed by atoms with E-state index < -0.39 is 0 Å². The summed E-state index contributed by atoms with van der Waals surface area (Å²) < 4.78 is 2.00. The van der Waals surface area contributed by atoms with Gasteiger partial charge in [0.1, 0.15) is 0 Å². The monoisotopic (exact) mass is 362 g/mol. The molecule has 0 saturated carbocycles. The van der Waals surface area contributed by atoms with E-state index in [1.54, 1.807) is 18.5 Å². The Labute approximate surface area is 158 Å². The van der Waals surface area contributed by atoms with Crippen molar-refractivity contribution in [2.24, 2.45) is 0 Å². The molecule has 2 aromatic heterocycles. The van der Waals surface area contributed by atoms with Crippen molar-refractivity contribution in [2.45, 2.75) is 6.42 Å². The van der Waals surface area contributed by atoms with Crippen LogP contribution >= 0.6 is 0 Å². The summed E-state index contributed by atoms with van der Waals surface area (Å²) in [5, 5.41) is 0. The van der Waals surface area contributed by atoms with Crippen molar-refractivity contribution < 1.29 is 9.59 Å². The van der Waals surface area contributed by atoms with Gasteiger partial charge >= 0.3 is 0 Å². The number of hydrogen-bond donors (Lipinski definition) is 1. The SMILES string of the molecule is O=C(c1ccc(-n2cccc2)cc1)N1CCCN(C(=O)c2cc[nH]c2)CC1. The Balaban J connectivity index is 1.41. The van der Waals surface area contributed by atoms with Gasteiger partial charge in [0, 0.05) is 62.2 Å². The molecule has 4 rings (SSSR count). The van der Waals surface area contributed by atoms with E-state index in [1.807, 2.05) is 63.2 Å². The van der Waals surface area contributed by atoms with Gasteiger partial charge in [0.2, 0.25) is 0 Å². The van der Waals surface area contributed by atoms with Crippen LogP contribution < -0.4 is 0 Å². The third-order valence-corrected chi connectivity index (χ3v) is 4.93. The summed E-state index contributed by atoms with van der Waals surface area (Å²) in [6.45, 7) is 2.43. The molecule has 1 saturated heterocycles. The lowest BCUT2D eigenvalue weighted by Crippen LogP contribution is -2.37. The normalized spacial score (nSPS) is 14.8. The summed E-state index contributed by atoms with van der Waals surface area (Å²) in [6, 6.07) is 13.4. The number of aromatic amines is 1. The highest BCUT2D eigenvalue weighted by atomic mass is 16.2. The van der Waals surface area contributed by atoms with Crippen LogP contribution in [-0.2, 0) is 0 Å². The number of rotatable bonds is 3. The van der Waals surface area contributed by atoms with Gasteiger partial charge in [-0.05, 0) is 48.9 Å². The van der Waals surface area contributed by atoms with Gasteiger partial charge in [-0.3, -0.25) is 9.59 Å². The van der Waals surface area contributed by atoms with Crippen molar-refractivity contribution in [1.29, 1.82) is 0 Å². The van der Waals surface area contributed by atoms with Gasteiger partial charge in [-0.15, -0.1) is 0 Å². The van der Waals surface area contributed by atoms with Gasteiger partial charge in [-0.1, -0.05) is 0 Å². The largest absolute Gasteiger partial charge is 0.367 e. The lowest BCUT2D eigenvalue weighted by molar-refractivity contribution is 0.0719. The topological polar surface area (TPSA) is 61.3 Å². The van der Waals surface area contributed by atoms with E-state index in [9.17, 15) is 9.59 Å². The molecule has 0 spiro atoms. The Hall–Kier alpha value is -3.28. The van der Waals surface area contributed by atoms with Crippen LogP contribution in [0.3, 0.4) is 0 Å². The third-order valence-electron chi connectivity index (χ3n) is 4.93. The predicted octanol–water partition coefficient (Wildman–Crippen LogP) is 2.79. The van der Waals surface area contributed by atoms with Gasteiger partial charge < -0.3 is 19.4 Å². The summed E-state index contributed by atoms with van der Waals surface area (Å²) in [5.74, 6) is 0.0339. The zero-order chi connectivity index (χ0) is 18.6. The molecule has 1 N–H and O–H groups in total. The average Bonchev–Trinajstić information content (AvgIpc) is 3.38. The number of benzene rings is 1. The fourth-order valence-corrected chi connectivity index (χ4v) is 3.43. The van der Waals surface area contributed by atoms with Crippen molar-refractivity contribution in [3.05, 3.63) is 78.4 Å². The highest BCUT2D eigenvalue weighted by Gasteiger charge is 2.23. The number of carbonyl (C=O) groups is 2. The molecular formula is C21H22N4O2. The zero-order valence-electron chi connectivity index (χ0n) is 15.0. The van der Waals surface area contributed by atoms with Crippen molar-refractivity contribution in [2.75, 3.05) is 26.2 Å². The molecule has 1 aliphatic rings. The van der Waals surface area contributed by atoms with Crippen molar-refractivity contribution in [1.82, 2.24) is 19.4 Å². The molecule has 0 aliphatic carbocycles. The number of carbonyl (C=O) groups excluding carboxylic acids is 2. The number of nitrogens with zero attached hydrogens (tertiary/aromatic N) is 3. The van der Waals surface area contributed by atoms with Gasteiger partial charge in [0.15, 0.2) is 0 Å². The van der Waals surface area contributed by atoms with Crippen LogP contribution in [0.2, 0.25) is 0 Å². The van der Waals surface area contributed by atoms with Crippen LogP contribution in [0.5, 0.6) is 0 Å². The fraction of sp³-hybridized carbons (Fsp3) is 0.238. The number of H-pyrrole nitrogens is 1. The minimum atomic E-state index is 0.0154. The van der Waals surface area contributed by atoms with Crippen LogP contribution in [0.1, 0.15) is 27.1 Å². The molecule has 3 heterocycles. The first-order chi connectivity index (χ1) is 13.2. The van der Waals surface area contributed by atoms with Gasteiger partial charge in [-0.25, -0.2) is 0 Å². The molecule has 27 heavy (non-hydrogen) atoms. The molecule has 0 radical (unpaired) electrons. The Morgan fingerprint density at radius 1 is 0.778 bits per heavy atom. The van der Waals surface area contributed by atoms with E-state index in [1.165, 1.54) is 0 Å². The second-order valence-corrected chi connectivity index (χ2v) is 6.67. The molecule has 1 aliphatic heterocycles. The molecule has 0 unspecified atom stereocenters. The Kier molecular flexibility index (Phi) is 4.78. The lowest BCUT2D eigenvalue weighted by atomic mass is 10.1. The fourth-order valence-electron chi connectivity index (χ4n) is 3.43. The van der Waals surface area contributed by atoms with Crippen LogP contribution in [0.15, 0.2) is 67.3 Å². The summed E-state index contributed by atoms with van der Waals surface area (Å²) in [5.41, 5.74) is 2.36. The molecule has 0 bridgehead atoms. The number of amides is 2. The smallest absolute Gasteiger partial charge is 0.255 e. The lowest BCUT2D eigenvalue weighted by Gasteiger charge is -2.22. The first-order valence-electron chi connectivity index (χ1n) is 9.17. The van der Waals surface area contributed by atoms with E-state index in [4.69, 9.17) is 0 Å². The zero-order valence-corrected chi connectivity index (χ0v) is 15.0. The summed E-state index contributed by atoms with van der Waals surface area (Å²) in [6.07, 6.45) is 8.19. The molecule has 6 nitrogen and oxygen atoms in total. The third kappa shape index (κ3) is 3.65. The van der Waals surface area contributed by atoms with Gasteiger partial charge in [0.05, 0.1) is 5.56 Å². The maximum atomic E-state index is 12.9. The van der Waals surface area contributed by atoms with E-state index in [0.717, 1.165) is 12.1 Å². The maximum Gasteiger partial charge on any atom is 0.255 e. The summed E-state index contributed by atoms with van der Waals surface area (Å²) >= 11 is 0. The number of nitrogens with one attached hydrogen (secondary N) is 1. The highest BCUT2D eigenvalue weighted by molar-refractivity contribution is 5.95. The molecule has 6 heteroatoms. The highest BCUT2D eigenvalue weighted by Crippen LogP contribution is 2.14. The molecule has 138 valence electrons. The van der Waals surface area contributed by atoms with Crippen molar-refractivity contribution >= 4 is 11.8 Å². The average molecular weight is 362 g/mol. The van der Waals surface area contributed by atoms with E-state index in [2.05, 4.69) is 4.98 Å². The minimum Gasteiger partial charge on any atom is -0.367 e. The molecule has 2 amide bonds. The van der Waals surface area contributed by atoms with Crippen molar-refractivity contribution in [3.63, 3.8) is 0 Å². The number of aromatic nitrogens is 2. The quantitative estimate of drug-likeness (QED) is 0.779. The molecule has 1 aromatic carbocycles. The minimum absolute atomic E-state index is 0.0154. The van der Waals surface area contributed by atoms with Gasteiger partial charge in [-0.2, -0.15) is 0 Å². The maximum absolute atomic E-state index is 12.9. The van der Waals surface area contributed by atoms with Crippen LogP contribution in [0.4, 0.5) is 0 Å². The molecule has 3 aromatic rings. The second kappa shape index (κ2) is 7.53. The Morgan fingerprint density at radius 3 is 2.00 bits per heavy atom. The second-order valence-electron chi connectivity index (χ2n) is 6.67. The van der Waals surface area contributed by atoms with E-state index in [-0.39, 0.29) is 11.8 Å². The van der Waals surface area contributed by atoms with Crippen LogP contribution in [-0.4, -0.2) is 57.3 Å². The van der Waals surface area contributed by atoms with E-state index in [0.29, 0.717) is 37.3 Å². The summed E-state index contributed by atoms with van der Waals surface area (Å²) in [4.78, 5) is 32.0. The van der Waals surface area contributed by atoms with Crippen molar-refractivity contribution in [3.8, 4) is 5.69 Å². The summed E-state index contributed by atoms with van der Waals surface area (Å²) in [7, 11) is 0. The Bertz CT molecular complexity index is 898. The molecular weight excluding hydrogens is 340 g/mol. The Morgan fingerprint density at radius 2 is 1.41 bits per heavy atom.